The van der Waals surface area contributed by atoms with Gasteiger partial charge >= 0.3 is 0 Å². The molecule has 0 aliphatic heterocycles. The maximum Gasteiger partial charge on any atom is 0.169 e. The molecule has 26 heavy (non-hydrogen) atoms. The minimum absolute atomic E-state index is 0.0806. The number of hydrogen-bond donors (Lipinski definition) is 1. The van der Waals surface area contributed by atoms with E-state index >= 15 is 0 Å². The van der Waals surface area contributed by atoms with Gasteiger partial charge in [0.05, 0.1) is 5.57 Å². The van der Waals surface area contributed by atoms with Crippen molar-refractivity contribution in [2.24, 2.45) is 11.8 Å². The van der Waals surface area contributed by atoms with Crippen molar-refractivity contribution in [1.29, 1.82) is 0 Å². The van der Waals surface area contributed by atoms with E-state index in [1.54, 1.807) is 0 Å². The van der Waals surface area contributed by atoms with Crippen LogP contribution in [0.25, 0.3) is 16.7 Å². The molecule has 2 nitrogen and oxygen atoms in total. The average Bonchev–Trinajstić information content (AvgIpc) is 3.10. The zero-order valence-electron chi connectivity index (χ0n) is 15.2. The van der Waals surface area contributed by atoms with Crippen LogP contribution in [-0.2, 0) is 11.2 Å². The topological polar surface area (TPSA) is 37.3 Å². The molecule has 0 heterocycles. The van der Waals surface area contributed by atoms with Gasteiger partial charge in [-0.3, -0.25) is 4.79 Å². The molecule has 2 aromatic carbocycles. The predicted octanol–water partition coefficient (Wildman–Crippen LogP) is 6.15. The molecule has 0 spiro atoms. The molecule has 1 saturated carbocycles. The second kappa shape index (κ2) is 6.59. The third-order valence-electron chi connectivity index (χ3n) is 5.94. The maximum atomic E-state index is 13.0. The standard InChI is InChI=1S/C23H23ClO2/c1-3-14-4-5-16(15-8-9-20(24)13(2)10-15)12-19(14)21-22(25)17-6-7-18(11-17)23(21)26/h4-5,8-10,12,17-18,25H,3,6-7,11H2,1-2H3/t17-,18+/m0/s1. The Morgan fingerprint density at radius 3 is 2.50 bits per heavy atom. The zero-order valence-corrected chi connectivity index (χ0v) is 15.9. The number of benzene rings is 2. The fourth-order valence-electron chi connectivity index (χ4n) is 4.39. The first-order valence-electron chi connectivity index (χ1n) is 9.36. The van der Waals surface area contributed by atoms with Crippen LogP contribution in [0, 0.1) is 18.8 Å². The average molecular weight is 367 g/mol. The minimum Gasteiger partial charge on any atom is -0.511 e. The van der Waals surface area contributed by atoms with Crippen LogP contribution < -0.4 is 0 Å². The summed E-state index contributed by atoms with van der Waals surface area (Å²) in [5, 5.41) is 11.5. The smallest absolute Gasteiger partial charge is 0.169 e. The monoisotopic (exact) mass is 366 g/mol. The van der Waals surface area contributed by atoms with E-state index < -0.39 is 0 Å². The Balaban J connectivity index is 1.87. The Kier molecular flexibility index (Phi) is 4.40. The van der Waals surface area contributed by atoms with E-state index in [0.717, 1.165) is 58.5 Å². The van der Waals surface area contributed by atoms with Crippen LogP contribution in [0.2, 0.25) is 5.02 Å². The second-order valence-corrected chi connectivity index (χ2v) is 7.93. The van der Waals surface area contributed by atoms with Gasteiger partial charge in [-0.05, 0) is 78.6 Å². The third-order valence-corrected chi connectivity index (χ3v) is 6.37. The lowest BCUT2D eigenvalue weighted by Crippen LogP contribution is -2.22. The van der Waals surface area contributed by atoms with Crippen molar-refractivity contribution >= 4 is 23.0 Å². The van der Waals surface area contributed by atoms with Crippen molar-refractivity contribution in [3.05, 3.63) is 63.9 Å². The molecule has 1 N–H and O–H groups in total. The van der Waals surface area contributed by atoms with Crippen LogP contribution >= 0.6 is 11.6 Å². The molecule has 2 aromatic rings. The number of fused-ring (bicyclic) bond motifs is 2. The lowest BCUT2D eigenvalue weighted by Gasteiger charge is -2.23. The first kappa shape index (κ1) is 17.4. The Labute approximate surface area is 159 Å². The van der Waals surface area contributed by atoms with Gasteiger partial charge in [0.1, 0.15) is 5.76 Å². The molecule has 2 aliphatic rings. The number of carbonyl (C=O) groups is 1. The first-order valence-corrected chi connectivity index (χ1v) is 9.74. The van der Waals surface area contributed by atoms with E-state index in [9.17, 15) is 9.90 Å². The zero-order chi connectivity index (χ0) is 18.4. The molecule has 4 rings (SSSR count). The van der Waals surface area contributed by atoms with E-state index in [0.29, 0.717) is 11.3 Å². The fourth-order valence-corrected chi connectivity index (χ4v) is 4.51. The summed E-state index contributed by atoms with van der Waals surface area (Å²) < 4.78 is 0. The molecule has 134 valence electrons. The maximum absolute atomic E-state index is 13.0. The molecule has 2 aliphatic carbocycles. The number of aryl methyl sites for hydroxylation is 2. The number of aliphatic hydroxyl groups excluding tert-OH is 1. The van der Waals surface area contributed by atoms with Crippen molar-refractivity contribution in [2.75, 3.05) is 0 Å². The molecule has 0 unspecified atom stereocenters. The summed E-state index contributed by atoms with van der Waals surface area (Å²) in [6, 6.07) is 12.2. The highest BCUT2D eigenvalue weighted by Gasteiger charge is 2.41. The van der Waals surface area contributed by atoms with Gasteiger partial charge in [-0.25, -0.2) is 0 Å². The van der Waals surface area contributed by atoms with Gasteiger partial charge in [0.25, 0.3) is 0 Å². The summed E-state index contributed by atoms with van der Waals surface area (Å²) in [5.41, 5.74) is 5.71. The molecule has 0 amide bonds. The number of carbonyl (C=O) groups excluding carboxylic acids is 1. The van der Waals surface area contributed by atoms with Crippen molar-refractivity contribution in [3.8, 4) is 11.1 Å². The van der Waals surface area contributed by atoms with Gasteiger partial charge in [-0.15, -0.1) is 0 Å². The number of Topliss-reactive ketones (excluding diaryl/α,β-unsaturated/α-hetero) is 1. The molecular weight excluding hydrogens is 344 g/mol. The van der Waals surface area contributed by atoms with Crippen LogP contribution in [0.15, 0.2) is 42.2 Å². The third kappa shape index (κ3) is 2.77. The molecule has 3 heteroatoms. The summed E-state index contributed by atoms with van der Waals surface area (Å²) in [7, 11) is 0. The molecule has 0 saturated heterocycles. The van der Waals surface area contributed by atoms with E-state index in [1.165, 1.54) is 0 Å². The second-order valence-electron chi connectivity index (χ2n) is 7.52. The fraction of sp³-hybridized carbons (Fsp3) is 0.348. The van der Waals surface area contributed by atoms with Gasteiger partial charge in [0.2, 0.25) is 0 Å². The summed E-state index contributed by atoms with van der Waals surface area (Å²) in [6.45, 7) is 4.08. The van der Waals surface area contributed by atoms with Crippen LogP contribution in [0.3, 0.4) is 0 Å². The molecule has 2 bridgehead atoms. The Morgan fingerprint density at radius 2 is 1.77 bits per heavy atom. The summed E-state index contributed by atoms with van der Waals surface area (Å²) >= 11 is 6.16. The number of rotatable bonds is 3. The molecule has 0 radical (unpaired) electrons. The Morgan fingerprint density at radius 1 is 1.08 bits per heavy atom. The number of hydrogen-bond acceptors (Lipinski definition) is 2. The van der Waals surface area contributed by atoms with Crippen molar-refractivity contribution in [2.45, 2.75) is 39.5 Å². The van der Waals surface area contributed by atoms with Crippen molar-refractivity contribution < 1.29 is 9.90 Å². The highest BCUT2D eigenvalue weighted by molar-refractivity contribution is 6.31. The lowest BCUT2D eigenvalue weighted by atomic mass is 9.81. The van der Waals surface area contributed by atoms with Crippen LogP contribution in [0.5, 0.6) is 0 Å². The van der Waals surface area contributed by atoms with Crippen molar-refractivity contribution in [1.82, 2.24) is 0 Å². The van der Waals surface area contributed by atoms with E-state index in [-0.39, 0.29) is 17.6 Å². The quantitative estimate of drug-likeness (QED) is 0.707. The van der Waals surface area contributed by atoms with Gasteiger partial charge < -0.3 is 5.11 Å². The normalized spacial score (nSPS) is 22.2. The van der Waals surface area contributed by atoms with E-state index in [1.807, 2.05) is 19.1 Å². The molecule has 0 aromatic heterocycles. The van der Waals surface area contributed by atoms with Gasteiger partial charge in [-0.1, -0.05) is 36.7 Å². The van der Waals surface area contributed by atoms with E-state index in [4.69, 9.17) is 11.6 Å². The summed E-state index contributed by atoms with van der Waals surface area (Å²) in [5.74, 6) is 0.661. The lowest BCUT2D eigenvalue weighted by molar-refractivity contribution is -0.117. The number of ketones is 1. The SMILES string of the molecule is CCc1ccc(-c2ccc(Cl)c(C)c2)cc1C1=C(O)[C@H]2CC[C@H](C2)C1=O. The molecular formula is C23H23ClO2. The highest BCUT2D eigenvalue weighted by atomic mass is 35.5. The number of aliphatic hydroxyl groups is 1. The largest absolute Gasteiger partial charge is 0.511 e. The Hall–Kier alpha value is -2.06. The predicted molar refractivity (Wildman–Crippen MR) is 106 cm³/mol. The van der Waals surface area contributed by atoms with Crippen LogP contribution in [0.4, 0.5) is 0 Å². The molecule has 2 atom stereocenters. The number of halogens is 1. The number of allylic oxidation sites excluding steroid dienone is 2. The van der Waals surface area contributed by atoms with Crippen LogP contribution in [0.1, 0.15) is 42.9 Å². The van der Waals surface area contributed by atoms with E-state index in [2.05, 4.69) is 31.2 Å². The van der Waals surface area contributed by atoms with Gasteiger partial charge in [-0.2, -0.15) is 0 Å². The first-order chi connectivity index (χ1) is 12.5. The van der Waals surface area contributed by atoms with Crippen molar-refractivity contribution in [3.63, 3.8) is 0 Å². The minimum atomic E-state index is 0.0806. The summed E-state index contributed by atoms with van der Waals surface area (Å²) in [6.07, 6.45) is 3.46. The Bertz CT molecular complexity index is 926. The van der Waals surface area contributed by atoms with Crippen LogP contribution in [-0.4, -0.2) is 10.9 Å². The summed E-state index contributed by atoms with van der Waals surface area (Å²) in [4.78, 5) is 13.0. The van der Waals surface area contributed by atoms with Gasteiger partial charge in [0, 0.05) is 16.9 Å². The van der Waals surface area contributed by atoms with Gasteiger partial charge in [0.15, 0.2) is 5.78 Å². The highest BCUT2D eigenvalue weighted by Crippen LogP contribution is 2.46. The molecule has 1 fully saturated rings.